The average Bonchev–Trinajstić information content (AvgIpc) is 2.26. The Labute approximate surface area is 121 Å². The molecule has 2 N–H and O–H groups in total. The number of fused-ring (bicyclic) bond motifs is 1. The number of carbonyl (C=O) groups excluding carboxylic acids is 1. The smallest absolute Gasteiger partial charge is 0.224 e. The lowest BCUT2D eigenvalue weighted by Crippen LogP contribution is -2.24. The van der Waals surface area contributed by atoms with E-state index in [2.05, 4.69) is 43.5 Å². The normalized spacial score (nSPS) is 14.3. The van der Waals surface area contributed by atoms with Gasteiger partial charge in [0.2, 0.25) is 5.91 Å². The summed E-state index contributed by atoms with van der Waals surface area (Å²) in [5.41, 5.74) is 3.63. The first kappa shape index (κ1) is 16.0. The first-order chi connectivity index (χ1) is 8.44. The molecule has 4 heteroatoms. The van der Waals surface area contributed by atoms with Crippen LogP contribution in [0.5, 0.6) is 0 Å². The van der Waals surface area contributed by atoms with E-state index >= 15 is 0 Å². The standard InChI is InChI=1S/C15H22N2O.ClH/c1-15(2,3)9-14(18)17-13-5-4-11-6-7-16-10-12(11)8-13;/h4-5,8,16H,6-7,9-10H2,1-3H3,(H,17,18);1H. The fourth-order valence-corrected chi connectivity index (χ4v) is 2.25. The Morgan fingerprint density at radius 2 is 2.05 bits per heavy atom. The molecule has 1 amide bonds. The largest absolute Gasteiger partial charge is 0.326 e. The molecule has 3 nitrogen and oxygen atoms in total. The van der Waals surface area contributed by atoms with Crippen LogP contribution in [0.3, 0.4) is 0 Å². The Balaban J connectivity index is 0.00000180. The zero-order chi connectivity index (χ0) is 13.2. The molecule has 0 aliphatic carbocycles. The highest BCUT2D eigenvalue weighted by Crippen LogP contribution is 2.22. The van der Waals surface area contributed by atoms with E-state index < -0.39 is 0 Å². The van der Waals surface area contributed by atoms with E-state index in [0.29, 0.717) is 6.42 Å². The summed E-state index contributed by atoms with van der Waals surface area (Å²) in [4.78, 5) is 11.9. The molecule has 1 aromatic carbocycles. The van der Waals surface area contributed by atoms with Crippen LogP contribution in [0.15, 0.2) is 18.2 Å². The lowest BCUT2D eigenvalue weighted by Gasteiger charge is -2.20. The van der Waals surface area contributed by atoms with Crippen molar-refractivity contribution in [2.24, 2.45) is 5.41 Å². The second kappa shape index (κ2) is 6.40. The molecule has 0 unspecified atom stereocenters. The van der Waals surface area contributed by atoms with Crippen molar-refractivity contribution in [1.82, 2.24) is 5.32 Å². The second-order valence-electron chi connectivity index (χ2n) is 6.20. The highest BCUT2D eigenvalue weighted by molar-refractivity contribution is 5.91. The number of hydrogen-bond acceptors (Lipinski definition) is 2. The van der Waals surface area contributed by atoms with Crippen LogP contribution in [0.4, 0.5) is 5.69 Å². The van der Waals surface area contributed by atoms with Crippen LogP contribution in [0, 0.1) is 5.41 Å². The molecule has 1 aliphatic heterocycles. The van der Waals surface area contributed by atoms with E-state index in [1.807, 2.05) is 6.07 Å². The van der Waals surface area contributed by atoms with E-state index in [9.17, 15) is 4.79 Å². The Morgan fingerprint density at radius 3 is 2.74 bits per heavy atom. The molecule has 0 spiro atoms. The van der Waals surface area contributed by atoms with Crippen LogP contribution in [0.1, 0.15) is 38.3 Å². The van der Waals surface area contributed by atoms with Crippen LogP contribution >= 0.6 is 12.4 Å². The molecular weight excluding hydrogens is 260 g/mol. The topological polar surface area (TPSA) is 41.1 Å². The van der Waals surface area contributed by atoms with Gasteiger partial charge in [-0.25, -0.2) is 0 Å². The molecule has 0 radical (unpaired) electrons. The van der Waals surface area contributed by atoms with Gasteiger partial charge >= 0.3 is 0 Å². The summed E-state index contributed by atoms with van der Waals surface area (Å²) in [6, 6.07) is 6.22. The fraction of sp³-hybridized carbons (Fsp3) is 0.533. The molecule has 1 aromatic rings. The predicted molar refractivity (Wildman–Crippen MR) is 81.8 cm³/mol. The van der Waals surface area contributed by atoms with Gasteiger partial charge in [-0.15, -0.1) is 12.4 Å². The summed E-state index contributed by atoms with van der Waals surface area (Å²) >= 11 is 0. The summed E-state index contributed by atoms with van der Waals surface area (Å²) < 4.78 is 0. The maximum atomic E-state index is 11.9. The van der Waals surface area contributed by atoms with E-state index in [-0.39, 0.29) is 23.7 Å². The minimum Gasteiger partial charge on any atom is -0.326 e. The van der Waals surface area contributed by atoms with Gasteiger partial charge in [0.05, 0.1) is 0 Å². The maximum Gasteiger partial charge on any atom is 0.224 e. The van der Waals surface area contributed by atoms with Crippen LogP contribution in [0.2, 0.25) is 0 Å². The lowest BCUT2D eigenvalue weighted by molar-refractivity contribution is -0.117. The summed E-state index contributed by atoms with van der Waals surface area (Å²) in [6.07, 6.45) is 1.62. The average molecular weight is 283 g/mol. The van der Waals surface area contributed by atoms with Gasteiger partial charge in [-0.3, -0.25) is 4.79 Å². The van der Waals surface area contributed by atoms with Crippen molar-refractivity contribution >= 4 is 24.0 Å². The summed E-state index contributed by atoms with van der Waals surface area (Å²) in [5.74, 6) is 0.0891. The quantitative estimate of drug-likeness (QED) is 0.875. The van der Waals surface area contributed by atoms with Gasteiger partial charge in [0.15, 0.2) is 0 Å². The number of amides is 1. The SMILES string of the molecule is CC(C)(C)CC(=O)Nc1ccc2c(c1)CNCC2.Cl. The van der Waals surface area contributed by atoms with Crippen molar-refractivity contribution < 1.29 is 4.79 Å². The monoisotopic (exact) mass is 282 g/mol. The van der Waals surface area contributed by atoms with E-state index in [1.54, 1.807) is 0 Å². The van der Waals surface area contributed by atoms with E-state index in [1.165, 1.54) is 11.1 Å². The number of carbonyl (C=O) groups is 1. The molecule has 0 saturated carbocycles. The summed E-state index contributed by atoms with van der Waals surface area (Å²) in [6.45, 7) is 8.16. The van der Waals surface area contributed by atoms with Crippen molar-refractivity contribution in [2.45, 2.75) is 40.2 Å². The molecular formula is C15H23ClN2O. The zero-order valence-electron chi connectivity index (χ0n) is 11.9. The van der Waals surface area contributed by atoms with Crippen molar-refractivity contribution in [3.05, 3.63) is 29.3 Å². The van der Waals surface area contributed by atoms with Crippen molar-refractivity contribution in [3.63, 3.8) is 0 Å². The maximum absolute atomic E-state index is 11.9. The van der Waals surface area contributed by atoms with Crippen LogP contribution in [-0.2, 0) is 17.8 Å². The van der Waals surface area contributed by atoms with Crippen LogP contribution in [-0.4, -0.2) is 12.5 Å². The highest BCUT2D eigenvalue weighted by atomic mass is 35.5. The number of anilines is 1. The fourth-order valence-electron chi connectivity index (χ4n) is 2.25. The van der Waals surface area contributed by atoms with Gasteiger partial charge in [-0.05, 0) is 41.6 Å². The van der Waals surface area contributed by atoms with Gasteiger partial charge < -0.3 is 10.6 Å². The van der Waals surface area contributed by atoms with E-state index in [4.69, 9.17) is 0 Å². The van der Waals surface area contributed by atoms with Crippen LogP contribution < -0.4 is 10.6 Å². The Kier molecular flexibility index (Phi) is 5.39. The lowest BCUT2D eigenvalue weighted by atomic mass is 9.92. The van der Waals surface area contributed by atoms with Gasteiger partial charge in [0.1, 0.15) is 0 Å². The third-order valence-electron chi connectivity index (χ3n) is 3.07. The third-order valence-corrected chi connectivity index (χ3v) is 3.07. The number of nitrogens with one attached hydrogen (secondary N) is 2. The number of rotatable bonds is 2. The molecule has 1 aliphatic rings. The first-order valence-electron chi connectivity index (χ1n) is 6.56. The van der Waals surface area contributed by atoms with Gasteiger partial charge in [-0.1, -0.05) is 26.8 Å². The Hall–Kier alpha value is -1.06. The van der Waals surface area contributed by atoms with Crippen LogP contribution in [0.25, 0.3) is 0 Å². The Morgan fingerprint density at radius 1 is 1.32 bits per heavy atom. The number of halogens is 1. The third kappa shape index (κ3) is 4.84. The van der Waals surface area contributed by atoms with Gasteiger partial charge in [0.25, 0.3) is 0 Å². The summed E-state index contributed by atoms with van der Waals surface area (Å²) in [5, 5.41) is 6.33. The molecule has 106 valence electrons. The van der Waals surface area contributed by atoms with Crippen molar-refractivity contribution in [2.75, 3.05) is 11.9 Å². The van der Waals surface area contributed by atoms with E-state index in [0.717, 1.165) is 25.2 Å². The van der Waals surface area contributed by atoms with Gasteiger partial charge in [-0.2, -0.15) is 0 Å². The first-order valence-corrected chi connectivity index (χ1v) is 6.56. The number of benzene rings is 1. The van der Waals surface area contributed by atoms with Gasteiger partial charge in [0, 0.05) is 18.7 Å². The number of hydrogen-bond donors (Lipinski definition) is 2. The molecule has 0 aromatic heterocycles. The minimum absolute atomic E-state index is 0. The van der Waals surface area contributed by atoms with Crippen molar-refractivity contribution in [1.29, 1.82) is 0 Å². The summed E-state index contributed by atoms with van der Waals surface area (Å²) in [7, 11) is 0. The molecule has 0 saturated heterocycles. The molecule has 1 heterocycles. The minimum atomic E-state index is 0. The Bertz CT molecular complexity index is 452. The highest BCUT2D eigenvalue weighted by Gasteiger charge is 2.16. The molecule has 0 bridgehead atoms. The second-order valence-corrected chi connectivity index (χ2v) is 6.20. The van der Waals surface area contributed by atoms with Crippen molar-refractivity contribution in [3.8, 4) is 0 Å². The molecule has 0 atom stereocenters. The molecule has 19 heavy (non-hydrogen) atoms. The molecule has 2 rings (SSSR count). The molecule has 0 fully saturated rings. The predicted octanol–water partition coefficient (Wildman–Crippen LogP) is 3.13. The zero-order valence-corrected chi connectivity index (χ0v) is 12.7.